The van der Waals surface area contributed by atoms with Crippen molar-refractivity contribution in [3.8, 4) is 5.75 Å². The summed E-state index contributed by atoms with van der Waals surface area (Å²) in [5.41, 5.74) is 3.98. The molecule has 0 spiro atoms. The molecule has 1 aliphatic heterocycles. The Bertz CT molecular complexity index is 1160. The van der Waals surface area contributed by atoms with Crippen molar-refractivity contribution >= 4 is 17.6 Å². The fraction of sp³-hybridized carbons (Fsp3) is 0.222. The molecule has 0 aromatic heterocycles. The Hall–Kier alpha value is -3.97. The van der Waals surface area contributed by atoms with E-state index < -0.39 is 18.5 Å². The van der Waals surface area contributed by atoms with Gasteiger partial charge in [-0.25, -0.2) is 9.80 Å². The zero-order valence-electron chi connectivity index (χ0n) is 19.1. The molecule has 0 fully saturated rings. The van der Waals surface area contributed by atoms with Crippen molar-refractivity contribution in [3.63, 3.8) is 0 Å². The molecular weight excluding hydrogens is 432 g/mol. The van der Waals surface area contributed by atoms with Crippen molar-refractivity contribution in [2.24, 2.45) is 5.10 Å². The normalized spacial score (nSPS) is 15.1. The van der Waals surface area contributed by atoms with E-state index in [1.807, 2.05) is 54.6 Å². The Morgan fingerprint density at radius 1 is 0.941 bits per heavy atom. The summed E-state index contributed by atoms with van der Waals surface area (Å²) >= 11 is 0. The van der Waals surface area contributed by atoms with E-state index in [-0.39, 0.29) is 6.04 Å². The highest BCUT2D eigenvalue weighted by Gasteiger charge is 2.33. The van der Waals surface area contributed by atoms with Crippen LogP contribution in [0.15, 0.2) is 84.0 Å². The quantitative estimate of drug-likeness (QED) is 0.468. The number of carbonyl (C=O) groups is 2. The minimum absolute atomic E-state index is 0.305. The molecule has 34 heavy (non-hydrogen) atoms. The minimum Gasteiger partial charge on any atom is -0.497 e. The Morgan fingerprint density at radius 2 is 1.65 bits per heavy atom. The summed E-state index contributed by atoms with van der Waals surface area (Å²) in [6, 6.07) is 23.9. The number of hydrogen-bond donors (Lipinski definition) is 0. The van der Waals surface area contributed by atoms with Crippen molar-refractivity contribution in [1.82, 2.24) is 5.01 Å². The Kier molecular flexibility index (Phi) is 7.34. The summed E-state index contributed by atoms with van der Waals surface area (Å²) in [6.07, 6.45) is 0.553. The molecule has 1 heterocycles. The van der Waals surface area contributed by atoms with Crippen molar-refractivity contribution in [1.29, 1.82) is 0 Å². The molecule has 4 rings (SSSR count). The highest BCUT2D eigenvalue weighted by molar-refractivity contribution is 6.03. The lowest BCUT2D eigenvalue weighted by Crippen LogP contribution is -2.31. The first kappa shape index (κ1) is 23.2. The number of rotatable bonds is 8. The van der Waals surface area contributed by atoms with Crippen LogP contribution in [-0.2, 0) is 20.9 Å². The van der Waals surface area contributed by atoms with Crippen LogP contribution in [0.4, 0.5) is 0 Å². The summed E-state index contributed by atoms with van der Waals surface area (Å²) in [5, 5.41) is 6.02. The average molecular weight is 459 g/mol. The van der Waals surface area contributed by atoms with Gasteiger partial charge in [-0.2, -0.15) is 5.10 Å². The molecule has 1 unspecified atom stereocenters. The van der Waals surface area contributed by atoms with Crippen LogP contribution >= 0.6 is 0 Å². The third-order valence-electron chi connectivity index (χ3n) is 5.60. The molecule has 1 atom stereocenters. The van der Waals surface area contributed by atoms with Crippen molar-refractivity contribution in [2.75, 3.05) is 20.8 Å². The Morgan fingerprint density at radius 3 is 2.29 bits per heavy atom. The molecule has 0 saturated carbocycles. The van der Waals surface area contributed by atoms with E-state index in [1.54, 1.807) is 38.5 Å². The average Bonchev–Trinajstić information content (AvgIpc) is 3.34. The van der Waals surface area contributed by atoms with Gasteiger partial charge in [0, 0.05) is 13.5 Å². The van der Waals surface area contributed by atoms with Crippen molar-refractivity contribution in [3.05, 3.63) is 101 Å². The Labute approximate surface area is 198 Å². The van der Waals surface area contributed by atoms with Gasteiger partial charge in [-0.15, -0.1) is 0 Å². The molecule has 0 saturated heterocycles. The number of methoxy groups -OCH3 is 2. The first-order chi connectivity index (χ1) is 16.6. The number of ether oxygens (including phenoxy) is 3. The molecule has 3 aromatic carbocycles. The molecule has 0 radical (unpaired) electrons. The molecule has 1 amide bonds. The van der Waals surface area contributed by atoms with E-state index in [1.165, 1.54) is 5.01 Å². The van der Waals surface area contributed by atoms with E-state index in [9.17, 15) is 9.59 Å². The predicted molar refractivity (Wildman–Crippen MR) is 128 cm³/mol. The molecular formula is C27H26N2O5. The van der Waals surface area contributed by atoms with Crippen molar-refractivity contribution < 1.29 is 23.8 Å². The standard InChI is InChI=1S/C27H26N2O5/c1-32-17-19-8-10-22(11-9-19)27(31)34-18-26(30)29-25(21-12-14-23(33-2)15-13-21)16-24(28-29)20-6-4-3-5-7-20/h3-15,25H,16-18H2,1-2H3. The van der Waals surface area contributed by atoms with Gasteiger partial charge in [0.2, 0.25) is 0 Å². The van der Waals surface area contributed by atoms with Crippen LogP contribution < -0.4 is 4.74 Å². The fourth-order valence-electron chi connectivity index (χ4n) is 3.81. The molecule has 0 N–H and O–H groups in total. The first-order valence-corrected chi connectivity index (χ1v) is 10.9. The van der Waals surface area contributed by atoms with Gasteiger partial charge >= 0.3 is 5.97 Å². The smallest absolute Gasteiger partial charge is 0.338 e. The van der Waals surface area contributed by atoms with E-state index in [4.69, 9.17) is 14.2 Å². The number of hydrazone groups is 1. The topological polar surface area (TPSA) is 77.4 Å². The van der Waals surface area contributed by atoms with E-state index in [0.29, 0.717) is 18.6 Å². The second kappa shape index (κ2) is 10.8. The van der Waals surface area contributed by atoms with Gasteiger partial charge in [0.25, 0.3) is 5.91 Å². The summed E-state index contributed by atoms with van der Waals surface area (Å²) in [7, 11) is 3.22. The SMILES string of the molecule is COCc1ccc(C(=O)OCC(=O)N2N=C(c3ccccc3)CC2c2ccc(OC)cc2)cc1. The number of carbonyl (C=O) groups excluding carboxylic acids is 2. The largest absolute Gasteiger partial charge is 0.497 e. The van der Waals surface area contributed by atoms with Gasteiger partial charge in [-0.3, -0.25) is 4.79 Å². The van der Waals surface area contributed by atoms with Crippen LogP contribution in [0.25, 0.3) is 0 Å². The number of amides is 1. The van der Waals surface area contributed by atoms with Crippen LogP contribution in [0.2, 0.25) is 0 Å². The van der Waals surface area contributed by atoms with Crippen molar-refractivity contribution in [2.45, 2.75) is 19.1 Å². The van der Waals surface area contributed by atoms with Gasteiger partial charge in [-0.05, 0) is 41.0 Å². The van der Waals surface area contributed by atoms with Gasteiger partial charge < -0.3 is 14.2 Å². The predicted octanol–water partition coefficient (Wildman–Crippen LogP) is 4.38. The molecule has 3 aromatic rings. The summed E-state index contributed by atoms with van der Waals surface area (Å²) in [6.45, 7) is 0.0498. The van der Waals surface area contributed by atoms with E-state index in [2.05, 4.69) is 5.10 Å². The molecule has 0 aliphatic carbocycles. The van der Waals surface area contributed by atoms with Gasteiger partial charge in [0.05, 0.1) is 31.0 Å². The second-order valence-corrected chi connectivity index (χ2v) is 7.85. The molecule has 174 valence electrons. The zero-order chi connectivity index (χ0) is 23.9. The summed E-state index contributed by atoms with van der Waals surface area (Å²) < 4.78 is 15.6. The lowest BCUT2D eigenvalue weighted by molar-refractivity contribution is -0.136. The summed E-state index contributed by atoms with van der Waals surface area (Å²) in [5.74, 6) is -0.227. The minimum atomic E-state index is -0.565. The van der Waals surface area contributed by atoms with Crippen LogP contribution in [0.5, 0.6) is 5.75 Å². The molecule has 7 heteroatoms. The lowest BCUT2D eigenvalue weighted by Gasteiger charge is -2.22. The number of hydrogen-bond acceptors (Lipinski definition) is 6. The highest BCUT2D eigenvalue weighted by atomic mass is 16.5. The van der Waals surface area contributed by atoms with Gasteiger partial charge in [0.15, 0.2) is 6.61 Å². The molecule has 7 nitrogen and oxygen atoms in total. The van der Waals surface area contributed by atoms with E-state index in [0.717, 1.165) is 28.2 Å². The van der Waals surface area contributed by atoms with Crippen LogP contribution in [0.1, 0.15) is 39.5 Å². The number of esters is 1. The zero-order valence-corrected chi connectivity index (χ0v) is 19.1. The number of nitrogens with zero attached hydrogens (tertiary/aromatic N) is 2. The third kappa shape index (κ3) is 5.32. The van der Waals surface area contributed by atoms with Crippen LogP contribution in [-0.4, -0.2) is 43.4 Å². The van der Waals surface area contributed by atoms with Gasteiger partial charge in [-0.1, -0.05) is 54.6 Å². The van der Waals surface area contributed by atoms with Gasteiger partial charge in [0.1, 0.15) is 5.75 Å². The van der Waals surface area contributed by atoms with Crippen LogP contribution in [0.3, 0.4) is 0 Å². The monoisotopic (exact) mass is 458 g/mol. The third-order valence-corrected chi connectivity index (χ3v) is 5.60. The fourth-order valence-corrected chi connectivity index (χ4v) is 3.81. The maximum atomic E-state index is 13.1. The maximum absolute atomic E-state index is 13.1. The first-order valence-electron chi connectivity index (χ1n) is 10.9. The summed E-state index contributed by atoms with van der Waals surface area (Å²) in [4.78, 5) is 25.6. The van der Waals surface area contributed by atoms with E-state index >= 15 is 0 Å². The molecule has 0 bridgehead atoms. The molecule has 1 aliphatic rings. The number of benzene rings is 3. The second-order valence-electron chi connectivity index (χ2n) is 7.85. The Balaban J connectivity index is 1.49. The van der Waals surface area contributed by atoms with Crippen LogP contribution in [0, 0.1) is 0 Å². The lowest BCUT2D eigenvalue weighted by atomic mass is 9.98. The maximum Gasteiger partial charge on any atom is 0.338 e. The highest BCUT2D eigenvalue weighted by Crippen LogP contribution is 2.33.